The molecule has 4 N–H and O–H groups in total. The summed E-state index contributed by atoms with van der Waals surface area (Å²) < 4.78 is 0. The summed E-state index contributed by atoms with van der Waals surface area (Å²) in [4.78, 5) is 44.6. The van der Waals surface area contributed by atoms with Crippen molar-refractivity contribution >= 4 is 69.8 Å². The van der Waals surface area contributed by atoms with Crippen LogP contribution < -0.4 is 21.5 Å². The summed E-state index contributed by atoms with van der Waals surface area (Å²) in [5.74, 6) is -1.88. The Kier molecular flexibility index (Phi) is 5.86. The Labute approximate surface area is 190 Å². The number of nitrogens with one attached hydrogen (secondary N) is 4. The molecule has 0 unspecified atom stereocenters. The second kappa shape index (κ2) is 8.58. The van der Waals surface area contributed by atoms with Gasteiger partial charge in [-0.25, -0.2) is 0 Å². The Morgan fingerprint density at radius 2 is 1.65 bits per heavy atom. The highest BCUT2D eigenvalue weighted by molar-refractivity contribution is 6.35. The first kappa shape index (κ1) is 21.2. The molecule has 3 aromatic rings. The average Bonchev–Trinajstić information content (AvgIpc) is 2.68. The van der Waals surface area contributed by atoms with Crippen LogP contribution in [0, 0.1) is 0 Å². The smallest absolute Gasteiger partial charge is 0.258 e. The first-order valence-corrected chi connectivity index (χ1v) is 10.2. The number of benzene rings is 2. The van der Waals surface area contributed by atoms with Crippen molar-refractivity contribution in [2.24, 2.45) is 0 Å². The Morgan fingerprint density at radius 3 is 2.32 bits per heavy atom. The van der Waals surface area contributed by atoms with Crippen LogP contribution in [0.25, 0.3) is 0 Å². The lowest BCUT2D eigenvalue weighted by atomic mass is 9.92. The number of anilines is 4. The summed E-state index contributed by atoms with van der Waals surface area (Å²) in [6.45, 7) is 0. The zero-order valence-corrected chi connectivity index (χ0v) is 17.9. The van der Waals surface area contributed by atoms with Crippen LogP contribution in [0.4, 0.5) is 23.1 Å². The Morgan fingerprint density at radius 1 is 0.968 bits per heavy atom. The lowest BCUT2D eigenvalue weighted by Gasteiger charge is -2.23. The molecule has 0 saturated carbocycles. The third-order valence-electron chi connectivity index (χ3n) is 4.50. The van der Waals surface area contributed by atoms with Gasteiger partial charge >= 0.3 is 0 Å². The van der Waals surface area contributed by atoms with Gasteiger partial charge in [-0.15, -0.1) is 0 Å². The molecule has 1 aliphatic rings. The molecule has 1 atom stereocenters. The Balaban J connectivity index is 1.64. The van der Waals surface area contributed by atoms with Crippen LogP contribution in [0.2, 0.25) is 15.1 Å². The maximum absolute atomic E-state index is 12.8. The minimum Gasteiger partial charge on any atom is -0.326 e. The van der Waals surface area contributed by atoms with Gasteiger partial charge in [0.25, 0.3) is 5.56 Å². The maximum atomic E-state index is 12.8. The predicted octanol–water partition coefficient (Wildman–Crippen LogP) is 4.54. The molecule has 2 amide bonds. The second-order valence-corrected chi connectivity index (χ2v) is 8.07. The summed E-state index contributed by atoms with van der Waals surface area (Å²) in [5, 5.41) is 9.42. The van der Waals surface area contributed by atoms with Crippen LogP contribution in [0.5, 0.6) is 0 Å². The van der Waals surface area contributed by atoms with Gasteiger partial charge in [0.05, 0.1) is 11.5 Å². The van der Waals surface area contributed by atoms with E-state index < -0.39 is 23.3 Å². The lowest BCUT2D eigenvalue weighted by Crippen LogP contribution is -2.36. The molecule has 4 rings (SSSR count). The molecule has 8 nitrogen and oxygen atoms in total. The zero-order valence-electron chi connectivity index (χ0n) is 15.6. The summed E-state index contributed by atoms with van der Waals surface area (Å²) in [7, 11) is 0. The van der Waals surface area contributed by atoms with Crippen LogP contribution in [0.1, 0.15) is 17.9 Å². The van der Waals surface area contributed by atoms with Gasteiger partial charge in [0.2, 0.25) is 17.8 Å². The van der Waals surface area contributed by atoms with Crippen LogP contribution in [-0.2, 0) is 9.59 Å². The minimum atomic E-state index is -1.01. The molecule has 2 aromatic carbocycles. The van der Waals surface area contributed by atoms with Gasteiger partial charge in [-0.2, -0.15) is 4.98 Å². The van der Waals surface area contributed by atoms with Crippen molar-refractivity contribution in [1.82, 2.24) is 9.97 Å². The van der Waals surface area contributed by atoms with E-state index in [2.05, 4.69) is 25.9 Å². The second-order valence-electron chi connectivity index (χ2n) is 6.76. The molecule has 31 heavy (non-hydrogen) atoms. The van der Waals surface area contributed by atoms with Crippen molar-refractivity contribution < 1.29 is 9.59 Å². The molecule has 0 aliphatic carbocycles. The van der Waals surface area contributed by atoms with Gasteiger partial charge in [-0.3, -0.25) is 19.4 Å². The van der Waals surface area contributed by atoms with E-state index in [4.69, 9.17) is 34.8 Å². The number of rotatable bonds is 4. The molecule has 0 radical (unpaired) electrons. The normalized spacial score (nSPS) is 15.1. The SMILES string of the molecule is O=C1C[C@@H](C(=O)Nc2ccc(Cl)cc2)c2c(nc(Nc3cc(Cl)cc(Cl)c3)[nH]c2=O)N1. The third-order valence-corrected chi connectivity index (χ3v) is 5.19. The fourth-order valence-electron chi connectivity index (χ4n) is 3.18. The molecule has 11 heteroatoms. The van der Waals surface area contributed by atoms with E-state index in [1.165, 1.54) is 0 Å². The summed E-state index contributed by atoms with van der Waals surface area (Å²) in [6, 6.07) is 11.2. The molecule has 0 saturated heterocycles. The number of hydrogen-bond acceptors (Lipinski definition) is 5. The van der Waals surface area contributed by atoms with Crippen molar-refractivity contribution in [2.45, 2.75) is 12.3 Å². The Bertz CT molecular complexity index is 1220. The number of carbonyl (C=O) groups is 2. The largest absolute Gasteiger partial charge is 0.326 e. The highest BCUT2D eigenvalue weighted by atomic mass is 35.5. The molecule has 2 heterocycles. The fraction of sp³-hybridized carbons (Fsp3) is 0.100. The monoisotopic (exact) mass is 477 g/mol. The summed E-state index contributed by atoms with van der Waals surface area (Å²) in [6.07, 6.45) is -0.187. The zero-order chi connectivity index (χ0) is 22.1. The average molecular weight is 479 g/mol. The van der Waals surface area contributed by atoms with E-state index >= 15 is 0 Å². The van der Waals surface area contributed by atoms with Gasteiger partial charge in [0.1, 0.15) is 5.82 Å². The number of H-pyrrole nitrogens is 1. The van der Waals surface area contributed by atoms with Crippen molar-refractivity contribution in [3.8, 4) is 0 Å². The van der Waals surface area contributed by atoms with E-state index in [1.807, 2.05) is 0 Å². The number of halogens is 3. The molecule has 158 valence electrons. The molecule has 1 aliphatic heterocycles. The summed E-state index contributed by atoms with van der Waals surface area (Å²) >= 11 is 17.8. The third kappa shape index (κ3) is 4.82. The number of carbonyl (C=O) groups excluding carboxylic acids is 2. The van der Waals surface area contributed by atoms with E-state index in [-0.39, 0.29) is 23.8 Å². The Hall–Kier alpha value is -3.07. The lowest BCUT2D eigenvalue weighted by molar-refractivity contribution is -0.123. The van der Waals surface area contributed by atoms with E-state index in [9.17, 15) is 14.4 Å². The van der Waals surface area contributed by atoms with Crippen LogP contribution in [0.15, 0.2) is 47.3 Å². The molecule has 0 spiro atoms. The number of fused-ring (bicyclic) bond motifs is 1. The van der Waals surface area contributed by atoms with E-state index in [0.29, 0.717) is 26.4 Å². The minimum absolute atomic E-state index is 0.00637. The van der Waals surface area contributed by atoms with Crippen molar-refractivity contribution in [2.75, 3.05) is 16.0 Å². The molecule has 0 bridgehead atoms. The highest BCUT2D eigenvalue weighted by Crippen LogP contribution is 2.31. The number of amides is 2. The molecular formula is C20H14Cl3N5O3. The molecular weight excluding hydrogens is 465 g/mol. The highest BCUT2D eigenvalue weighted by Gasteiger charge is 2.34. The maximum Gasteiger partial charge on any atom is 0.258 e. The topological polar surface area (TPSA) is 116 Å². The van der Waals surface area contributed by atoms with Crippen LogP contribution in [0.3, 0.4) is 0 Å². The number of hydrogen-bond donors (Lipinski definition) is 4. The standard InChI is InChI=1S/C20H14Cl3N5O3/c21-9-1-3-12(4-2-9)24-18(30)14-8-15(29)26-17-16(14)19(31)28-20(27-17)25-13-6-10(22)5-11(23)7-13/h1-7,14H,8H2,(H,24,30)(H3,25,26,27,28,29,31)/t14-/m1/s1. The fourth-order valence-corrected chi connectivity index (χ4v) is 3.83. The predicted molar refractivity (Wildman–Crippen MR) is 121 cm³/mol. The number of aromatic amines is 1. The van der Waals surface area contributed by atoms with Gasteiger partial charge in [-0.05, 0) is 42.5 Å². The van der Waals surface area contributed by atoms with Crippen molar-refractivity contribution in [3.63, 3.8) is 0 Å². The van der Waals surface area contributed by atoms with E-state index in [1.54, 1.807) is 42.5 Å². The molecule has 1 aromatic heterocycles. The summed E-state index contributed by atoms with van der Waals surface area (Å²) in [5.41, 5.74) is 0.486. The molecule has 0 fully saturated rings. The van der Waals surface area contributed by atoms with Gasteiger partial charge in [-0.1, -0.05) is 34.8 Å². The first-order valence-electron chi connectivity index (χ1n) is 9.02. The van der Waals surface area contributed by atoms with Crippen molar-refractivity contribution in [1.29, 1.82) is 0 Å². The quantitative estimate of drug-likeness (QED) is 0.439. The van der Waals surface area contributed by atoms with E-state index in [0.717, 1.165) is 0 Å². The van der Waals surface area contributed by atoms with Crippen LogP contribution in [-0.4, -0.2) is 21.8 Å². The van der Waals surface area contributed by atoms with Gasteiger partial charge in [0, 0.05) is 32.9 Å². The first-order chi connectivity index (χ1) is 14.8. The number of aromatic nitrogens is 2. The van der Waals surface area contributed by atoms with Gasteiger partial charge in [0.15, 0.2) is 0 Å². The van der Waals surface area contributed by atoms with Gasteiger partial charge < -0.3 is 16.0 Å². The van der Waals surface area contributed by atoms with Crippen LogP contribution >= 0.6 is 34.8 Å². The number of nitrogens with zero attached hydrogens (tertiary/aromatic N) is 1. The van der Waals surface area contributed by atoms with Crippen molar-refractivity contribution in [3.05, 3.63) is 73.4 Å².